The lowest BCUT2D eigenvalue weighted by atomic mass is 9.92. The maximum absolute atomic E-state index is 14.3. The van der Waals surface area contributed by atoms with Gasteiger partial charge >= 0.3 is 12.4 Å². The van der Waals surface area contributed by atoms with Crippen molar-refractivity contribution in [2.45, 2.75) is 44.6 Å². The highest BCUT2D eigenvalue weighted by atomic mass is 19.4. The van der Waals surface area contributed by atoms with E-state index in [1.165, 1.54) is 25.3 Å². The van der Waals surface area contributed by atoms with Crippen LogP contribution in [0.2, 0.25) is 0 Å². The average Bonchev–Trinajstić information content (AvgIpc) is 2.77. The average molecular weight is 500 g/mol. The fourth-order valence-corrected chi connectivity index (χ4v) is 3.40. The highest BCUT2D eigenvalue weighted by Crippen LogP contribution is 2.36. The van der Waals surface area contributed by atoms with E-state index in [0.717, 1.165) is 17.7 Å². The first kappa shape index (κ1) is 26.3. The summed E-state index contributed by atoms with van der Waals surface area (Å²) in [4.78, 5) is 20.5. The molecule has 0 amide bonds. The second-order valence-electron chi connectivity index (χ2n) is 8.13. The number of aliphatic hydroxyl groups excluding tert-OH is 1. The molecule has 0 saturated carbocycles. The maximum atomic E-state index is 14.3. The monoisotopic (exact) mass is 500 g/mol. The van der Waals surface area contributed by atoms with E-state index >= 15 is 0 Å². The van der Waals surface area contributed by atoms with Gasteiger partial charge in [-0.25, -0.2) is 4.39 Å². The molecule has 3 rings (SSSR count). The lowest BCUT2D eigenvalue weighted by molar-refractivity contribution is -0.206. The molecule has 0 saturated heterocycles. The first-order valence-electron chi connectivity index (χ1n) is 10.3. The molecule has 2 atom stereocenters. The third-order valence-electron chi connectivity index (χ3n) is 5.27. The number of aromatic nitrogens is 2. The van der Waals surface area contributed by atoms with Gasteiger partial charge in [-0.3, -0.25) is 14.8 Å². The summed E-state index contributed by atoms with van der Waals surface area (Å²) in [6.45, 7) is 3.11. The Hall–Kier alpha value is -3.34. The van der Waals surface area contributed by atoms with Crippen molar-refractivity contribution >= 4 is 5.78 Å². The van der Waals surface area contributed by atoms with E-state index in [1.54, 1.807) is 13.0 Å². The van der Waals surface area contributed by atoms with Gasteiger partial charge in [0.2, 0.25) is 0 Å². The minimum absolute atomic E-state index is 0.139. The fourth-order valence-electron chi connectivity index (χ4n) is 3.40. The number of hydrogen-bond donors (Lipinski definition) is 1. The van der Waals surface area contributed by atoms with Crippen LogP contribution in [0.3, 0.4) is 0 Å². The van der Waals surface area contributed by atoms with Crippen LogP contribution in [0.1, 0.15) is 58.1 Å². The Morgan fingerprint density at radius 3 is 2.23 bits per heavy atom. The zero-order valence-electron chi connectivity index (χ0n) is 18.4. The normalized spacial score (nSPS) is 14.0. The van der Waals surface area contributed by atoms with E-state index in [1.807, 2.05) is 0 Å². The van der Waals surface area contributed by atoms with Crippen LogP contribution in [-0.4, -0.2) is 27.0 Å². The molecular weight excluding hydrogens is 481 g/mol. The van der Waals surface area contributed by atoms with Gasteiger partial charge in [0.15, 0.2) is 11.9 Å². The molecular formula is C24H19F7N2O2. The van der Waals surface area contributed by atoms with Gasteiger partial charge in [0, 0.05) is 35.9 Å². The van der Waals surface area contributed by atoms with Crippen LogP contribution in [0.25, 0.3) is 11.3 Å². The maximum Gasteiger partial charge on any atom is 0.418 e. The topological polar surface area (TPSA) is 63.1 Å². The number of rotatable bonds is 6. The number of carbonyl (C=O) groups excluding carboxylic acids is 1. The van der Waals surface area contributed by atoms with Gasteiger partial charge in [-0.05, 0) is 48.4 Å². The number of carbonyl (C=O) groups is 1. The van der Waals surface area contributed by atoms with Gasteiger partial charge in [-0.1, -0.05) is 13.0 Å². The molecule has 0 aliphatic heterocycles. The Kier molecular flexibility index (Phi) is 7.30. The summed E-state index contributed by atoms with van der Waals surface area (Å²) in [6.07, 6.45) is -11.2. The van der Waals surface area contributed by atoms with Gasteiger partial charge < -0.3 is 5.11 Å². The van der Waals surface area contributed by atoms with E-state index in [0.29, 0.717) is 6.20 Å². The van der Waals surface area contributed by atoms with Crippen LogP contribution in [0.15, 0.2) is 48.8 Å². The number of hydrogen-bond acceptors (Lipinski definition) is 4. The van der Waals surface area contributed by atoms with Gasteiger partial charge in [0.25, 0.3) is 0 Å². The lowest BCUT2D eigenvalue weighted by Crippen LogP contribution is -2.20. The summed E-state index contributed by atoms with van der Waals surface area (Å²) in [6, 6.07) is 6.69. The molecule has 1 unspecified atom stereocenters. The molecule has 0 aliphatic carbocycles. The molecule has 2 aromatic heterocycles. The number of halogens is 7. The van der Waals surface area contributed by atoms with Crippen molar-refractivity contribution < 1.29 is 40.6 Å². The number of alkyl halides is 6. The zero-order chi connectivity index (χ0) is 26.1. The summed E-state index contributed by atoms with van der Waals surface area (Å²) in [5, 5.41) is 9.76. The predicted molar refractivity (Wildman–Crippen MR) is 112 cm³/mol. The number of Topliss-reactive ketones (excluding diaryl/α,β-unsaturated/α-hetero) is 1. The molecule has 35 heavy (non-hydrogen) atoms. The number of nitrogens with zero attached hydrogens (tertiary/aromatic N) is 2. The lowest BCUT2D eigenvalue weighted by Gasteiger charge is -2.18. The van der Waals surface area contributed by atoms with Crippen molar-refractivity contribution in [2.24, 2.45) is 0 Å². The van der Waals surface area contributed by atoms with E-state index < -0.39 is 59.2 Å². The van der Waals surface area contributed by atoms with Gasteiger partial charge in [-0.2, -0.15) is 26.3 Å². The molecule has 0 spiro atoms. The van der Waals surface area contributed by atoms with Crippen LogP contribution < -0.4 is 0 Å². The van der Waals surface area contributed by atoms with E-state index in [-0.39, 0.29) is 22.9 Å². The Balaban J connectivity index is 1.96. The Bertz CT molecular complexity index is 1220. The first-order valence-corrected chi connectivity index (χ1v) is 10.3. The summed E-state index contributed by atoms with van der Waals surface area (Å²) >= 11 is 0. The Morgan fingerprint density at radius 2 is 1.69 bits per heavy atom. The van der Waals surface area contributed by atoms with Crippen LogP contribution in [0.4, 0.5) is 30.7 Å². The van der Waals surface area contributed by atoms with Crippen molar-refractivity contribution in [3.8, 4) is 11.3 Å². The number of aryl methyl sites for hydroxylation is 1. The van der Waals surface area contributed by atoms with Crippen LogP contribution in [-0.2, 0) is 6.18 Å². The third-order valence-corrected chi connectivity index (χ3v) is 5.27. The Morgan fingerprint density at radius 1 is 1.00 bits per heavy atom. The number of ketones is 1. The van der Waals surface area contributed by atoms with Gasteiger partial charge in [-0.15, -0.1) is 0 Å². The molecule has 3 aromatic rings. The summed E-state index contributed by atoms with van der Waals surface area (Å²) in [5.74, 6) is -2.96. The second-order valence-corrected chi connectivity index (χ2v) is 8.13. The van der Waals surface area contributed by atoms with E-state index in [2.05, 4.69) is 9.97 Å². The molecule has 0 aliphatic rings. The molecule has 2 heterocycles. The molecule has 1 aromatic carbocycles. The van der Waals surface area contributed by atoms with E-state index in [4.69, 9.17) is 0 Å². The largest absolute Gasteiger partial charge is 0.418 e. The van der Waals surface area contributed by atoms with Crippen molar-refractivity contribution in [1.29, 1.82) is 0 Å². The minimum atomic E-state index is -5.00. The fraction of sp³-hybridized carbons (Fsp3) is 0.292. The van der Waals surface area contributed by atoms with Gasteiger partial charge in [0.05, 0.1) is 17.0 Å². The molecule has 0 radical (unpaired) electrons. The van der Waals surface area contributed by atoms with Crippen molar-refractivity contribution in [1.82, 2.24) is 9.97 Å². The van der Waals surface area contributed by atoms with Crippen molar-refractivity contribution in [3.63, 3.8) is 0 Å². The number of pyridine rings is 2. The standard InChI is InChI=1S/C24H19F7N2O2/c1-12-3-4-19(32-10-12)14-6-15(8-16(7-14)22(35)24(29,30)31)20(34)5-13(2)21-18(25)9-17(11-33-21)23(26,27)28/h3-4,6-11,13,22,35H,5H2,1-2H3/t13-,22?/m0/s1. The highest BCUT2D eigenvalue weighted by molar-refractivity contribution is 5.97. The summed E-state index contributed by atoms with van der Waals surface area (Å²) < 4.78 is 92.0. The summed E-state index contributed by atoms with van der Waals surface area (Å²) in [7, 11) is 0. The quantitative estimate of drug-likeness (QED) is 0.307. The van der Waals surface area contributed by atoms with Crippen LogP contribution >= 0.6 is 0 Å². The minimum Gasteiger partial charge on any atom is -0.379 e. The van der Waals surface area contributed by atoms with E-state index in [9.17, 15) is 40.6 Å². The highest BCUT2D eigenvalue weighted by Gasteiger charge is 2.40. The zero-order valence-corrected chi connectivity index (χ0v) is 18.4. The SMILES string of the molecule is Cc1ccc(-c2cc(C(=O)C[C@H](C)c3ncc(C(F)(F)F)cc3F)cc(C(O)C(F)(F)F)c2)nc1. The van der Waals surface area contributed by atoms with Crippen LogP contribution in [0.5, 0.6) is 0 Å². The molecule has 0 fully saturated rings. The molecule has 1 N–H and O–H groups in total. The van der Waals surface area contributed by atoms with Crippen LogP contribution in [0, 0.1) is 12.7 Å². The summed E-state index contributed by atoms with van der Waals surface area (Å²) in [5.41, 5.74) is -1.30. The first-order chi connectivity index (χ1) is 16.2. The molecule has 186 valence electrons. The van der Waals surface area contributed by atoms with Gasteiger partial charge in [0.1, 0.15) is 5.82 Å². The third kappa shape index (κ3) is 6.21. The molecule has 0 bridgehead atoms. The number of benzene rings is 1. The number of aliphatic hydroxyl groups is 1. The Labute approximate surface area is 195 Å². The molecule has 4 nitrogen and oxygen atoms in total. The van der Waals surface area contributed by atoms with Crippen molar-refractivity contribution in [2.75, 3.05) is 0 Å². The molecule has 11 heteroatoms. The second kappa shape index (κ2) is 9.73. The van der Waals surface area contributed by atoms with Crippen molar-refractivity contribution in [3.05, 3.63) is 82.6 Å². The smallest absolute Gasteiger partial charge is 0.379 e. The predicted octanol–water partition coefficient (Wildman–Crippen LogP) is 6.58.